The summed E-state index contributed by atoms with van der Waals surface area (Å²) in [5.74, 6) is 0.240. The lowest BCUT2D eigenvalue weighted by molar-refractivity contribution is -0.116. The molecule has 0 fully saturated rings. The van der Waals surface area contributed by atoms with Crippen molar-refractivity contribution in [1.82, 2.24) is 4.98 Å². The minimum atomic E-state index is 0.240. The maximum atomic E-state index is 10.8. The molecular weight excluding hydrogens is 196 g/mol. The van der Waals surface area contributed by atoms with Crippen LogP contribution < -0.4 is 4.90 Å². The molecule has 0 N–H and O–H groups in total. The van der Waals surface area contributed by atoms with Gasteiger partial charge in [-0.2, -0.15) is 0 Å². The van der Waals surface area contributed by atoms with Crippen molar-refractivity contribution in [3.8, 4) is 0 Å². The first-order chi connectivity index (χ1) is 6.50. The van der Waals surface area contributed by atoms with Crippen molar-refractivity contribution in [3.05, 3.63) is 10.6 Å². The lowest BCUT2D eigenvalue weighted by Gasteiger charge is -2.05. The fraction of sp³-hybridized carbons (Fsp3) is 0.600. The van der Waals surface area contributed by atoms with Crippen LogP contribution in [0.2, 0.25) is 0 Å². The standard InChI is InChI=1S/C10H16N2OS/c1-7(13)5-6-9-8(2)11-10(14-9)12(3)4/h5-6H2,1-4H3. The van der Waals surface area contributed by atoms with E-state index in [0.717, 1.165) is 17.2 Å². The molecule has 0 amide bonds. The second-order valence-electron chi connectivity index (χ2n) is 3.60. The molecule has 3 nitrogen and oxygen atoms in total. The van der Waals surface area contributed by atoms with Crippen molar-refractivity contribution in [2.45, 2.75) is 26.7 Å². The molecule has 1 aromatic heterocycles. The van der Waals surface area contributed by atoms with Gasteiger partial charge in [-0.1, -0.05) is 0 Å². The Hall–Kier alpha value is -0.900. The largest absolute Gasteiger partial charge is 0.354 e. The number of rotatable bonds is 4. The van der Waals surface area contributed by atoms with Crippen LogP contribution in [0.15, 0.2) is 0 Å². The van der Waals surface area contributed by atoms with Crippen molar-refractivity contribution < 1.29 is 4.79 Å². The van der Waals surface area contributed by atoms with E-state index < -0.39 is 0 Å². The molecule has 0 unspecified atom stereocenters. The smallest absolute Gasteiger partial charge is 0.185 e. The molecule has 0 spiro atoms. The second-order valence-corrected chi connectivity index (χ2v) is 4.66. The van der Waals surface area contributed by atoms with Gasteiger partial charge in [-0.15, -0.1) is 11.3 Å². The Kier molecular flexibility index (Phi) is 3.63. The Labute approximate surface area is 88.8 Å². The number of anilines is 1. The minimum absolute atomic E-state index is 0.240. The van der Waals surface area contributed by atoms with Gasteiger partial charge in [-0.25, -0.2) is 4.98 Å². The van der Waals surface area contributed by atoms with Gasteiger partial charge in [0.1, 0.15) is 5.78 Å². The third-order valence-electron chi connectivity index (χ3n) is 1.97. The average Bonchev–Trinajstić information content (AvgIpc) is 2.43. The number of Topliss-reactive ketones (excluding diaryl/α,β-unsaturated/α-hetero) is 1. The van der Waals surface area contributed by atoms with E-state index >= 15 is 0 Å². The SMILES string of the molecule is CC(=O)CCc1sc(N(C)C)nc1C. The van der Waals surface area contributed by atoms with E-state index in [2.05, 4.69) is 4.98 Å². The molecule has 14 heavy (non-hydrogen) atoms. The summed E-state index contributed by atoms with van der Waals surface area (Å²) in [5, 5.41) is 1.01. The van der Waals surface area contributed by atoms with Crippen molar-refractivity contribution in [3.63, 3.8) is 0 Å². The van der Waals surface area contributed by atoms with Crippen LogP contribution in [0.25, 0.3) is 0 Å². The molecule has 0 aliphatic heterocycles. The van der Waals surface area contributed by atoms with Crippen LogP contribution in [0.4, 0.5) is 5.13 Å². The number of ketones is 1. The molecule has 0 bridgehead atoms. The molecule has 4 heteroatoms. The first kappa shape index (κ1) is 11.2. The lowest BCUT2D eigenvalue weighted by Crippen LogP contribution is -2.07. The minimum Gasteiger partial charge on any atom is -0.354 e. The van der Waals surface area contributed by atoms with Crippen molar-refractivity contribution in [2.75, 3.05) is 19.0 Å². The normalized spacial score (nSPS) is 10.3. The quantitative estimate of drug-likeness (QED) is 0.765. The van der Waals surface area contributed by atoms with Crippen LogP contribution in [0.1, 0.15) is 23.9 Å². The summed E-state index contributed by atoms with van der Waals surface area (Å²) in [7, 11) is 3.96. The average molecular weight is 212 g/mol. The highest BCUT2D eigenvalue weighted by Crippen LogP contribution is 2.25. The van der Waals surface area contributed by atoms with Gasteiger partial charge >= 0.3 is 0 Å². The Bertz CT molecular complexity index is 331. The molecule has 1 heterocycles. The third kappa shape index (κ3) is 2.80. The molecule has 0 radical (unpaired) electrons. The van der Waals surface area contributed by atoms with Crippen LogP contribution >= 0.6 is 11.3 Å². The summed E-state index contributed by atoms with van der Waals surface area (Å²) in [6.07, 6.45) is 1.45. The van der Waals surface area contributed by atoms with Crippen LogP contribution in [0.5, 0.6) is 0 Å². The van der Waals surface area contributed by atoms with Gasteiger partial charge in [0.25, 0.3) is 0 Å². The lowest BCUT2D eigenvalue weighted by atomic mass is 10.2. The molecular formula is C10H16N2OS. The fourth-order valence-corrected chi connectivity index (χ4v) is 2.11. The first-order valence-corrected chi connectivity index (χ1v) is 5.45. The Morgan fingerprint density at radius 1 is 1.50 bits per heavy atom. The highest BCUT2D eigenvalue weighted by atomic mass is 32.1. The molecule has 78 valence electrons. The van der Waals surface area contributed by atoms with E-state index in [4.69, 9.17) is 0 Å². The van der Waals surface area contributed by atoms with Gasteiger partial charge < -0.3 is 9.69 Å². The van der Waals surface area contributed by atoms with E-state index in [0.29, 0.717) is 6.42 Å². The summed E-state index contributed by atoms with van der Waals surface area (Å²) < 4.78 is 0. The highest BCUT2D eigenvalue weighted by molar-refractivity contribution is 7.15. The summed E-state index contributed by atoms with van der Waals surface area (Å²) in [6, 6.07) is 0. The van der Waals surface area contributed by atoms with Gasteiger partial charge in [0.15, 0.2) is 5.13 Å². The van der Waals surface area contributed by atoms with Crippen molar-refractivity contribution in [1.29, 1.82) is 0 Å². The number of nitrogens with zero attached hydrogens (tertiary/aromatic N) is 2. The van der Waals surface area contributed by atoms with Crippen LogP contribution in [-0.2, 0) is 11.2 Å². The zero-order valence-corrected chi connectivity index (χ0v) is 9.94. The maximum absolute atomic E-state index is 10.8. The third-order valence-corrected chi connectivity index (χ3v) is 3.35. The molecule has 0 atom stereocenters. The Morgan fingerprint density at radius 2 is 2.14 bits per heavy atom. The topological polar surface area (TPSA) is 33.2 Å². The van der Waals surface area contributed by atoms with E-state index in [1.165, 1.54) is 4.88 Å². The molecule has 0 saturated carbocycles. The first-order valence-electron chi connectivity index (χ1n) is 4.63. The summed E-state index contributed by atoms with van der Waals surface area (Å²) in [6.45, 7) is 3.63. The van der Waals surface area contributed by atoms with Crippen molar-refractivity contribution >= 4 is 22.3 Å². The monoisotopic (exact) mass is 212 g/mol. The molecule has 0 saturated heterocycles. The highest BCUT2D eigenvalue weighted by Gasteiger charge is 2.09. The van der Waals surface area contributed by atoms with E-state index in [-0.39, 0.29) is 5.78 Å². The number of hydrogen-bond donors (Lipinski definition) is 0. The van der Waals surface area contributed by atoms with Crippen LogP contribution in [0.3, 0.4) is 0 Å². The number of thiazole rings is 1. The zero-order valence-electron chi connectivity index (χ0n) is 9.13. The molecule has 0 aliphatic rings. The van der Waals surface area contributed by atoms with E-state index in [1.807, 2.05) is 25.9 Å². The number of carbonyl (C=O) groups excluding carboxylic acids is 1. The molecule has 0 aliphatic carbocycles. The van der Waals surface area contributed by atoms with Crippen molar-refractivity contribution in [2.24, 2.45) is 0 Å². The number of hydrogen-bond acceptors (Lipinski definition) is 4. The van der Waals surface area contributed by atoms with Gasteiger partial charge in [-0.3, -0.25) is 0 Å². The van der Waals surface area contributed by atoms with E-state index in [1.54, 1.807) is 18.3 Å². The molecule has 1 aromatic rings. The summed E-state index contributed by atoms with van der Waals surface area (Å²) >= 11 is 1.67. The number of carbonyl (C=O) groups is 1. The van der Waals surface area contributed by atoms with Crippen LogP contribution in [0, 0.1) is 6.92 Å². The van der Waals surface area contributed by atoms with Gasteiger partial charge in [-0.05, 0) is 20.3 Å². The van der Waals surface area contributed by atoms with Gasteiger partial charge in [0, 0.05) is 25.4 Å². The molecule has 1 rings (SSSR count). The molecule has 0 aromatic carbocycles. The summed E-state index contributed by atoms with van der Waals surface area (Å²) in [4.78, 5) is 18.5. The van der Waals surface area contributed by atoms with Crippen LogP contribution in [-0.4, -0.2) is 24.9 Å². The predicted molar refractivity (Wildman–Crippen MR) is 60.2 cm³/mol. The zero-order chi connectivity index (χ0) is 10.7. The van der Waals surface area contributed by atoms with Gasteiger partial charge in [0.2, 0.25) is 0 Å². The van der Waals surface area contributed by atoms with E-state index in [9.17, 15) is 4.79 Å². The number of aromatic nitrogens is 1. The second kappa shape index (κ2) is 4.55. The Balaban J connectivity index is 2.72. The predicted octanol–water partition coefficient (Wildman–Crippen LogP) is 2.04. The Morgan fingerprint density at radius 3 is 2.57 bits per heavy atom. The van der Waals surface area contributed by atoms with Gasteiger partial charge in [0.05, 0.1) is 5.69 Å². The fourth-order valence-electron chi connectivity index (χ4n) is 1.13. The maximum Gasteiger partial charge on any atom is 0.185 e. The summed E-state index contributed by atoms with van der Waals surface area (Å²) in [5.41, 5.74) is 1.06. The number of aryl methyl sites for hydroxylation is 2.